The van der Waals surface area contributed by atoms with Crippen molar-refractivity contribution in [2.24, 2.45) is 7.05 Å². The molecule has 15 heavy (non-hydrogen) atoms. The highest BCUT2D eigenvalue weighted by atomic mass is 32.2. The van der Waals surface area contributed by atoms with Gasteiger partial charge in [-0.1, -0.05) is 0 Å². The number of rotatable bonds is 6. The van der Waals surface area contributed by atoms with E-state index in [9.17, 15) is 5.11 Å². The van der Waals surface area contributed by atoms with Gasteiger partial charge in [-0.2, -0.15) is 11.8 Å². The molecule has 1 unspecified atom stereocenters. The van der Waals surface area contributed by atoms with Gasteiger partial charge in [-0.05, 0) is 13.2 Å². The highest BCUT2D eigenvalue weighted by Crippen LogP contribution is 2.09. The summed E-state index contributed by atoms with van der Waals surface area (Å²) >= 11 is 1.64. The van der Waals surface area contributed by atoms with Gasteiger partial charge in [0.25, 0.3) is 0 Å². The minimum absolute atomic E-state index is 0.556. The molecule has 0 saturated carbocycles. The van der Waals surface area contributed by atoms with Crippen LogP contribution >= 0.6 is 11.8 Å². The zero-order valence-corrected chi connectivity index (χ0v) is 10.2. The van der Waals surface area contributed by atoms with E-state index in [2.05, 4.69) is 15.5 Å². The summed E-state index contributed by atoms with van der Waals surface area (Å²) in [6, 6.07) is 0. The van der Waals surface area contributed by atoms with Gasteiger partial charge in [-0.15, -0.1) is 10.2 Å². The third-order valence-corrected chi connectivity index (χ3v) is 2.96. The third kappa shape index (κ3) is 4.19. The second kappa shape index (κ2) is 5.48. The minimum Gasteiger partial charge on any atom is -0.388 e. The Kier molecular flexibility index (Phi) is 4.56. The molecular weight excluding hydrogens is 212 g/mol. The number of aromatic nitrogens is 3. The van der Waals surface area contributed by atoms with Crippen molar-refractivity contribution >= 4 is 11.8 Å². The standard InChI is InChI=1S/C9H18N4OS/c1-9(14,6-15-3)5-10-4-8-12-11-7-13(8)2/h7,10,14H,4-6H2,1-3H3. The number of nitrogens with zero attached hydrogens (tertiary/aromatic N) is 3. The van der Waals surface area contributed by atoms with Crippen LogP contribution in [0.2, 0.25) is 0 Å². The quantitative estimate of drug-likeness (QED) is 0.721. The molecule has 0 saturated heterocycles. The van der Waals surface area contributed by atoms with E-state index >= 15 is 0 Å². The maximum Gasteiger partial charge on any atom is 0.146 e. The molecule has 6 heteroatoms. The molecule has 0 aromatic carbocycles. The average Bonchev–Trinajstić information content (AvgIpc) is 2.51. The van der Waals surface area contributed by atoms with Crippen LogP contribution in [0.25, 0.3) is 0 Å². The fraction of sp³-hybridized carbons (Fsp3) is 0.778. The fourth-order valence-electron chi connectivity index (χ4n) is 1.27. The Hall–Kier alpha value is -0.590. The molecule has 1 atom stereocenters. The van der Waals surface area contributed by atoms with Gasteiger partial charge in [0.05, 0.1) is 12.1 Å². The third-order valence-electron chi connectivity index (χ3n) is 2.05. The van der Waals surface area contributed by atoms with Crippen molar-refractivity contribution in [2.45, 2.75) is 19.1 Å². The first kappa shape index (κ1) is 12.5. The minimum atomic E-state index is -0.669. The highest BCUT2D eigenvalue weighted by molar-refractivity contribution is 7.98. The number of hydrogen-bond acceptors (Lipinski definition) is 5. The zero-order valence-electron chi connectivity index (χ0n) is 9.40. The van der Waals surface area contributed by atoms with Crippen LogP contribution in [0, 0.1) is 0 Å². The first-order chi connectivity index (χ1) is 7.05. The van der Waals surface area contributed by atoms with Gasteiger partial charge in [0, 0.05) is 19.3 Å². The van der Waals surface area contributed by atoms with E-state index < -0.39 is 5.60 Å². The summed E-state index contributed by atoms with van der Waals surface area (Å²) in [6.07, 6.45) is 3.65. The fourth-order valence-corrected chi connectivity index (χ4v) is 2.00. The largest absolute Gasteiger partial charge is 0.388 e. The molecule has 86 valence electrons. The first-order valence-corrected chi connectivity index (χ1v) is 6.19. The van der Waals surface area contributed by atoms with E-state index in [1.165, 1.54) is 0 Å². The number of aryl methyl sites for hydroxylation is 1. The van der Waals surface area contributed by atoms with Gasteiger partial charge in [0.2, 0.25) is 0 Å². The molecule has 1 aromatic rings. The van der Waals surface area contributed by atoms with Crippen LogP contribution in [0.5, 0.6) is 0 Å². The molecule has 0 amide bonds. The molecule has 1 heterocycles. The lowest BCUT2D eigenvalue weighted by atomic mass is 10.1. The van der Waals surface area contributed by atoms with Crippen molar-refractivity contribution in [2.75, 3.05) is 18.6 Å². The Bertz CT molecular complexity index is 300. The van der Waals surface area contributed by atoms with Crippen LogP contribution in [0.15, 0.2) is 6.33 Å². The number of hydrogen-bond donors (Lipinski definition) is 2. The molecule has 5 nitrogen and oxygen atoms in total. The van der Waals surface area contributed by atoms with Crippen LogP contribution in [0.1, 0.15) is 12.7 Å². The Morgan fingerprint density at radius 2 is 2.40 bits per heavy atom. The van der Waals surface area contributed by atoms with Gasteiger partial charge in [0.1, 0.15) is 12.2 Å². The molecule has 0 aliphatic heterocycles. The Balaban J connectivity index is 2.30. The maximum atomic E-state index is 9.89. The lowest BCUT2D eigenvalue weighted by Gasteiger charge is -2.22. The number of aliphatic hydroxyl groups is 1. The SMILES string of the molecule is CSCC(C)(O)CNCc1nncn1C. The predicted octanol–water partition coefficient (Wildman–Crippen LogP) is 0.0187. The van der Waals surface area contributed by atoms with Gasteiger partial charge in [-0.3, -0.25) is 0 Å². The Morgan fingerprint density at radius 1 is 1.67 bits per heavy atom. The van der Waals surface area contributed by atoms with E-state index in [0.29, 0.717) is 13.1 Å². The lowest BCUT2D eigenvalue weighted by Crippen LogP contribution is -2.40. The predicted molar refractivity (Wildman–Crippen MR) is 61.7 cm³/mol. The molecule has 0 spiro atoms. The monoisotopic (exact) mass is 230 g/mol. The molecule has 2 N–H and O–H groups in total. The normalized spacial score (nSPS) is 15.2. The molecule has 1 aromatic heterocycles. The van der Waals surface area contributed by atoms with Crippen LogP contribution in [-0.2, 0) is 13.6 Å². The van der Waals surface area contributed by atoms with Crippen molar-refractivity contribution < 1.29 is 5.11 Å². The summed E-state index contributed by atoms with van der Waals surface area (Å²) in [6.45, 7) is 3.01. The topological polar surface area (TPSA) is 63.0 Å². The summed E-state index contributed by atoms with van der Waals surface area (Å²) in [7, 11) is 1.90. The maximum absolute atomic E-state index is 9.89. The molecule has 1 rings (SSSR count). The Morgan fingerprint density at radius 3 is 2.93 bits per heavy atom. The van der Waals surface area contributed by atoms with Crippen LogP contribution in [-0.4, -0.2) is 44.0 Å². The second-order valence-corrected chi connectivity index (χ2v) is 4.76. The first-order valence-electron chi connectivity index (χ1n) is 4.80. The molecule has 0 radical (unpaired) electrons. The van der Waals surface area contributed by atoms with Crippen molar-refractivity contribution in [3.8, 4) is 0 Å². The van der Waals surface area contributed by atoms with E-state index in [0.717, 1.165) is 11.6 Å². The van der Waals surface area contributed by atoms with Gasteiger partial charge in [0.15, 0.2) is 0 Å². The average molecular weight is 230 g/mol. The highest BCUT2D eigenvalue weighted by Gasteiger charge is 2.18. The molecule has 0 fully saturated rings. The lowest BCUT2D eigenvalue weighted by molar-refractivity contribution is 0.0843. The van der Waals surface area contributed by atoms with E-state index in [4.69, 9.17) is 0 Å². The van der Waals surface area contributed by atoms with Crippen molar-refractivity contribution in [1.29, 1.82) is 0 Å². The Labute approximate surface area is 94.3 Å². The van der Waals surface area contributed by atoms with E-state index in [1.807, 2.05) is 24.8 Å². The van der Waals surface area contributed by atoms with E-state index in [-0.39, 0.29) is 0 Å². The van der Waals surface area contributed by atoms with Gasteiger partial charge < -0.3 is 15.0 Å². The summed E-state index contributed by atoms with van der Waals surface area (Å²) in [5, 5.41) is 20.8. The van der Waals surface area contributed by atoms with Crippen LogP contribution in [0.4, 0.5) is 0 Å². The second-order valence-electron chi connectivity index (χ2n) is 3.89. The number of thioether (sulfide) groups is 1. The molecule has 0 aliphatic carbocycles. The van der Waals surface area contributed by atoms with E-state index in [1.54, 1.807) is 18.1 Å². The van der Waals surface area contributed by atoms with Crippen LogP contribution in [0.3, 0.4) is 0 Å². The zero-order chi connectivity index (χ0) is 11.3. The van der Waals surface area contributed by atoms with Crippen LogP contribution < -0.4 is 5.32 Å². The summed E-state index contributed by atoms with van der Waals surface area (Å²) < 4.78 is 1.86. The summed E-state index contributed by atoms with van der Waals surface area (Å²) in [5.41, 5.74) is -0.669. The van der Waals surface area contributed by atoms with Crippen molar-refractivity contribution in [1.82, 2.24) is 20.1 Å². The molecular formula is C9H18N4OS. The van der Waals surface area contributed by atoms with Gasteiger partial charge >= 0.3 is 0 Å². The smallest absolute Gasteiger partial charge is 0.146 e. The molecule has 0 bridgehead atoms. The van der Waals surface area contributed by atoms with Crippen molar-refractivity contribution in [3.05, 3.63) is 12.2 Å². The number of nitrogens with one attached hydrogen (secondary N) is 1. The van der Waals surface area contributed by atoms with Gasteiger partial charge in [-0.25, -0.2) is 0 Å². The summed E-state index contributed by atoms with van der Waals surface area (Å²) in [4.78, 5) is 0. The summed E-state index contributed by atoms with van der Waals surface area (Å²) in [5.74, 6) is 1.59. The molecule has 0 aliphatic rings. The van der Waals surface area contributed by atoms with Crippen molar-refractivity contribution in [3.63, 3.8) is 0 Å².